The van der Waals surface area contributed by atoms with Crippen molar-refractivity contribution < 1.29 is 13.3 Å². The van der Waals surface area contributed by atoms with Crippen LogP contribution in [0.1, 0.15) is 6.92 Å². The summed E-state index contributed by atoms with van der Waals surface area (Å²) in [7, 11) is -3.66. The van der Waals surface area contributed by atoms with Gasteiger partial charge >= 0.3 is 5.82 Å². The monoisotopic (exact) mass is 274 g/mol. The molecule has 100 valence electrons. The minimum Gasteiger partial charge on any atom is -0.358 e. The number of nitrogens with zero attached hydrogens (tertiary/aromatic N) is 2. The third-order valence-electron chi connectivity index (χ3n) is 2.06. The van der Waals surface area contributed by atoms with E-state index in [0.717, 1.165) is 24.9 Å². The molecule has 18 heavy (non-hydrogen) atoms. The fourth-order valence-corrected chi connectivity index (χ4v) is 2.15. The number of rotatable bonds is 7. The van der Waals surface area contributed by atoms with E-state index in [1.807, 2.05) is 6.92 Å². The fourth-order valence-electron chi connectivity index (χ4n) is 1.17. The molecule has 0 bridgehead atoms. The topological polar surface area (TPSA) is 114 Å². The molecule has 1 aromatic rings. The van der Waals surface area contributed by atoms with Gasteiger partial charge in [0, 0.05) is 19.2 Å². The molecule has 9 heteroatoms. The van der Waals surface area contributed by atoms with E-state index < -0.39 is 14.9 Å². The molecule has 1 heterocycles. The van der Waals surface area contributed by atoms with E-state index in [1.54, 1.807) is 0 Å². The molecule has 0 atom stereocenters. The highest BCUT2D eigenvalue weighted by molar-refractivity contribution is 7.89. The molecule has 0 saturated heterocycles. The zero-order chi connectivity index (χ0) is 13.6. The van der Waals surface area contributed by atoms with Crippen molar-refractivity contribution in [3.63, 3.8) is 0 Å². The summed E-state index contributed by atoms with van der Waals surface area (Å²) in [5, 5.41) is 13.3. The highest BCUT2D eigenvalue weighted by atomic mass is 32.2. The molecular formula is C9H14N4O4S. The first-order valence-electron chi connectivity index (χ1n) is 5.28. The smallest absolute Gasteiger partial charge is 0.358 e. The van der Waals surface area contributed by atoms with Gasteiger partial charge in [-0.05, 0) is 22.5 Å². The van der Waals surface area contributed by atoms with E-state index >= 15 is 0 Å². The number of hydrogen-bond donors (Lipinski definition) is 2. The van der Waals surface area contributed by atoms with Gasteiger partial charge in [0.1, 0.15) is 4.90 Å². The number of likely N-dealkylation sites (N-methyl/N-ethyl adjacent to an activating group) is 1. The van der Waals surface area contributed by atoms with Crippen molar-refractivity contribution >= 4 is 15.8 Å². The average molecular weight is 274 g/mol. The lowest BCUT2D eigenvalue weighted by Gasteiger charge is -2.05. The van der Waals surface area contributed by atoms with Crippen LogP contribution < -0.4 is 10.0 Å². The normalized spacial score (nSPS) is 11.4. The summed E-state index contributed by atoms with van der Waals surface area (Å²) in [6, 6.07) is 2.21. The molecule has 8 nitrogen and oxygen atoms in total. The second-order valence-electron chi connectivity index (χ2n) is 3.36. The number of pyridine rings is 1. The van der Waals surface area contributed by atoms with Gasteiger partial charge in [-0.25, -0.2) is 13.1 Å². The summed E-state index contributed by atoms with van der Waals surface area (Å²) < 4.78 is 25.8. The van der Waals surface area contributed by atoms with Crippen molar-refractivity contribution in [1.82, 2.24) is 15.0 Å². The van der Waals surface area contributed by atoms with Crippen molar-refractivity contribution in [3.8, 4) is 0 Å². The lowest BCUT2D eigenvalue weighted by molar-refractivity contribution is -0.389. The van der Waals surface area contributed by atoms with Crippen LogP contribution in [0.15, 0.2) is 23.2 Å². The van der Waals surface area contributed by atoms with Gasteiger partial charge in [-0.2, -0.15) is 0 Å². The summed E-state index contributed by atoms with van der Waals surface area (Å²) in [6.07, 6.45) is 0.966. The molecule has 0 spiro atoms. The van der Waals surface area contributed by atoms with Crippen LogP contribution in [0.5, 0.6) is 0 Å². The fraction of sp³-hybridized carbons (Fsp3) is 0.444. The van der Waals surface area contributed by atoms with Crippen LogP contribution in [0.2, 0.25) is 0 Å². The Kier molecular flexibility index (Phi) is 5.13. The highest BCUT2D eigenvalue weighted by Gasteiger charge is 2.17. The molecule has 0 saturated carbocycles. The van der Waals surface area contributed by atoms with Gasteiger partial charge in [-0.15, -0.1) is 0 Å². The van der Waals surface area contributed by atoms with Crippen molar-refractivity contribution in [1.29, 1.82) is 0 Å². The molecule has 1 aromatic heterocycles. The van der Waals surface area contributed by atoms with Crippen LogP contribution in [0, 0.1) is 10.1 Å². The average Bonchev–Trinajstić information content (AvgIpc) is 2.35. The van der Waals surface area contributed by atoms with Crippen LogP contribution >= 0.6 is 0 Å². The number of nitro groups is 1. The van der Waals surface area contributed by atoms with Gasteiger partial charge in [-0.3, -0.25) is 0 Å². The second kappa shape index (κ2) is 6.38. The molecule has 0 amide bonds. The van der Waals surface area contributed by atoms with Crippen LogP contribution in [-0.4, -0.2) is 38.0 Å². The van der Waals surface area contributed by atoms with E-state index in [1.165, 1.54) is 0 Å². The van der Waals surface area contributed by atoms with E-state index in [-0.39, 0.29) is 17.3 Å². The number of nitrogens with one attached hydrogen (secondary N) is 2. The number of hydrogen-bond acceptors (Lipinski definition) is 6. The Morgan fingerprint density at radius 3 is 2.61 bits per heavy atom. The van der Waals surface area contributed by atoms with Gasteiger partial charge in [0.15, 0.2) is 6.20 Å². The molecular weight excluding hydrogens is 260 g/mol. The summed E-state index contributed by atoms with van der Waals surface area (Å²) in [5.74, 6) is -0.387. The van der Waals surface area contributed by atoms with Gasteiger partial charge < -0.3 is 15.4 Å². The zero-order valence-corrected chi connectivity index (χ0v) is 10.6. The van der Waals surface area contributed by atoms with Gasteiger partial charge in [0.2, 0.25) is 10.0 Å². The maximum Gasteiger partial charge on any atom is 0.363 e. The van der Waals surface area contributed by atoms with Crippen molar-refractivity contribution in [2.24, 2.45) is 0 Å². The van der Waals surface area contributed by atoms with Crippen LogP contribution in [0.25, 0.3) is 0 Å². The Bertz CT molecular complexity index is 500. The minimum absolute atomic E-state index is 0.0930. The molecule has 0 unspecified atom stereocenters. The van der Waals surface area contributed by atoms with Crippen LogP contribution in [-0.2, 0) is 10.0 Å². The zero-order valence-electron chi connectivity index (χ0n) is 9.79. The van der Waals surface area contributed by atoms with Gasteiger partial charge in [0.25, 0.3) is 0 Å². The predicted molar refractivity (Wildman–Crippen MR) is 64.6 cm³/mol. The van der Waals surface area contributed by atoms with Crippen LogP contribution in [0.4, 0.5) is 5.82 Å². The first kappa shape index (κ1) is 14.5. The van der Waals surface area contributed by atoms with E-state index in [0.29, 0.717) is 6.54 Å². The Labute approximate surface area is 105 Å². The lowest BCUT2D eigenvalue weighted by Crippen LogP contribution is -2.31. The standard InChI is InChI=1S/C9H14N4O4S/c1-2-10-5-6-12-18(16,17)8-3-4-9(11-7-8)13(14)15/h3-4,7,10,12H,2,5-6H2,1H3. The van der Waals surface area contributed by atoms with Crippen molar-refractivity contribution in [3.05, 3.63) is 28.4 Å². The maximum absolute atomic E-state index is 11.7. The molecule has 0 aliphatic rings. The molecule has 0 aromatic carbocycles. The second-order valence-corrected chi connectivity index (χ2v) is 5.13. The Morgan fingerprint density at radius 2 is 2.11 bits per heavy atom. The Hall–Kier alpha value is -1.58. The summed E-state index contributed by atoms with van der Waals surface area (Å²) >= 11 is 0. The highest BCUT2D eigenvalue weighted by Crippen LogP contribution is 2.11. The molecule has 2 N–H and O–H groups in total. The van der Waals surface area contributed by atoms with Crippen molar-refractivity contribution in [2.45, 2.75) is 11.8 Å². The molecule has 0 aliphatic heterocycles. The third kappa shape index (κ3) is 4.02. The SMILES string of the molecule is CCNCCNS(=O)(=O)c1ccc([N+](=O)[O-])nc1. The quantitative estimate of drug-likeness (QED) is 0.407. The predicted octanol–water partition coefficient (Wildman–Crippen LogP) is -0.122. The molecule has 1 rings (SSSR count). The molecule has 0 aliphatic carbocycles. The van der Waals surface area contributed by atoms with E-state index in [9.17, 15) is 18.5 Å². The van der Waals surface area contributed by atoms with Gasteiger partial charge in [0.05, 0.1) is 0 Å². The first-order valence-corrected chi connectivity index (χ1v) is 6.76. The first-order chi connectivity index (χ1) is 8.47. The van der Waals surface area contributed by atoms with E-state index in [4.69, 9.17) is 0 Å². The Balaban J connectivity index is 2.70. The largest absolute Gasteiger partial charge is 0.363 e. The summed E-state index contributed by atoms with van der Waals surface area (Å²) in [4.78, 5) is 13.1. The summed E-state index contributed by atoms with van der Waals surface area (Å²) in [6.45, 7) is 3.42. The van der Waals surface area contributed by atoms with E-state index in [2.05, 4.69) is 15.0 Å². The molecule has 0 fully saturated rings. The van der Waals surface area contributed by atoms with Crippen molar-refractivity contribution in [2.75, 3.05) is 19.6 Å². The maximum atomic E-state index is 11.7. The number of sulfonamides is 1. The minimum atomic E-state index is -3.66. The molecule has 0 radical (unpaired) electrons. The number of aromatic nitrogens is 1. The lowest BCUT2D eigenvalue weighted by atomic mass is 10.5. The summed E-state index contributed by atoms with van der Waals surface area (Å²) in [5.41, 5.74) is 0. The van der Waals surface area contributed by atoms with Gasteiger partial charge in [-0.1, -0.05) is 6.92 Å². The Morgan fingerprint density at radius 1 is 1.39 bits per heavy atom. The third-order valence-corrected chi connectivity index (χ3v) is 3.51. The van der Waals surface area contributed by atoms with Crippen LogP contribution in [0.3, 0.4) is 0 Å².